The minimum absolute atomic E-state index is 0.0292. The van der Waals surface area contributed by atoms with E-state index in [1.54, 1.807) is 24.3 Å². The highest BCUT2D eigenvalue weighted by atomic mass is 35.5. The molecular weight excluding hydrogens is 488 g/mol. The molecule has 0 radical (unpaired) electrons. The summed E-state index contributed by atoms with van der Waals surface area (Å²) in [5.41, 5.74) is -0.407. The number of aliphatic carboxylic acids is 1. The summed E-state index contributed by atoms with van der Waals surface area (Å²) < 4.78 is 32.9. The molecular formula is C22H19ClN2O8S. The highest BCUT2D eigenvalue weighted by Crippen LogP contribution is 2.28. The van der Waals surface area contributed by atoms with Crippen LogP contribution < -0.4 is 4.74 Å². The number of sulfonamides is 1. The molecule has 178 valence electrons. The van der Waals surface area contributed by atoms with Crippen molar-refractivity contribution in [1.82, 2.24) is 4.31 Å². The molecule has 10 nitrogen and oxygen atoms in total. The molecule has 0 saturated carbocycles. The van der Waals surface area contributed by atoms with Gasteiger partial charge in [0, 0.05) is 23.2 Å². The maximum absolute atomic E-state index is 13.4. The molecule has 3 rings (SSSR count). The van der Waals surface area contributed by atoms with Crippen molar-refractivity contribution in [3.05, 3.63) is 93.5 Å². The van der Waals surface area contributed by atoms with Gasteiger partial charge in [-0.1, -0.05) is 29.8 Å². The van der Waals surface area contributed by atoms with Crippen molar-refractivity contribution in [2.45, 2.75) is 17.5 Å². The molecule has 0 amide bonds. The standard InChI is InChI=1S/C22H19ClN2O8S/c23-16-5-7-17(8-6-16)33-18-9-11-19(12-10-18)34(31,32)24(21(14-26)22(27)28)13-15-3-1-2-4-20(15)25(29)30/h1-12,21,26H,13-14H2,(H,27,28). The number of carbonyl (C=O) groups is 1. The molecule has 3 aromatic carbocycles. The summed E-state index contributed by atoms with van der Waals surface area (Å²) in [5.74, 6) is -0.833. The van der Waals surface area contributed by atoms with E-state index in [9.17, 15) is 33.5 Å². The molecule has 0 aliphatic heterocycles. The van der Waals surface area contributed by atoms with Crippen molar-refractivity contribution in [1.29, 1.82) is 0 Å². The van der Waals surface area contributed by atoms with E-state index in [0.29, 0.717) is 20.8 Å². The first-order valence-corrected chi connectivity index (χ1v) is 11.6. The van der Waals surface area contributed by atoms with Crippen LogP contribution in [-0.2, 0) is 21.4 Å². The van der Waals surface area contributed by atoms with Crippen LogP contribution in [0.15, 0.2) is 77.7 Å². The number of aliphatic hydroxyl groups is 1. The van der Waals surface area contributed by atoms with Gasteiger partial charge in [-0.25, -0.2) is 8.42 Å². The smallest absolute Gasteiger partial charge is 0.324 e. The van der Waals surface area contributed by atoms with Crippen molar-refractivity contribution in [2.24, 2.45) is 0 Å². The number of rotatable bonds is 10. The fraction of sp³-hybridized carbons (Fsp3) is 0.136. The number of nitro benzene ring substituents is 1. The van der Waals surface area contributed by atoms with Gasteiger partial charge in [0.05, 0.1) is 16.4 Å². The van der Waals surface area contributed by atoms with Crippen molar-refractivity contribution in [3.8, 4) is 11.5 Å². The number of hydrogen-bond acceptors (Lipinski definition) is 7. The maximum atomic E-state index is 13.4. The minimum Gasteiger partial charge on any atom is -0.480 e. The van der Waals surface area contributed by atoms with Crippen LogP contribution in [0, 0.1) is 10.1 Å². The third kappa shape index (κ3) is 5.69. The summed E-state index contributed by atoms with van der Waals surface area (Å²) in [5, 5.41) is 31.0. The SMILES string of the molecule is O=C(O)C(CO)N(Cc1ccccc1[N+](=O)[O-])S(=O)(=O)c1ccc(Oc2ccc(Cl)cc2)cc1. The number of carboxylic acids is 1. The number of hydrogen-bond donors (Lipinski definition) is 2. The Morgan fingerprint density at radius 3 is 2.12 bits per heavy atom. The van der Waals surface area contributed by atoms with E-state index in [1.165, 1.54) is 48.5 Å². The van der Waals surface area contributed by atoms with Crippen LogP contribution in [0.1, 0.15) is 5.56 Å². The van der Waals surface area contributed by atoms with Crippen molar-refractivity contribution in [2.75, 3.05) is 6.61 Å². The second-order valence-corrected chi connectivity index (χ2v) is 9.33. The lowest BCUT2D eigenvalue weighted by Gasteiger charge is -2.27. The Morgan fingerprint density at radius 1 is 1.03 bits per heavy atom. The van der Waals surface area contributed by atoms with Gasteiger partial charge in [0.2, 0.25) is 10.0 Å². The highest BCUT2D eigenvalue weighted by Gasteiger charge is 2.37. The second-order valence-electron chi connectivity index (χ2n) is 7.00. The van der Waals surface area contributed by atoms with Gasteiger partial charge in [-0.15, -0.1) is 0 Å². The van der Waals surface area contributed by atoms with E-state index in [1.807, 2.05) is 0 Å². The Bertz CT molecular complexity index is 1280. The number of carboxylic acid groups (broad SMARTS) is 1. The number of halogens is 1. The van der Waals surface area contributed by atoms with Gasteiger partial charge in [0.15, 0.2) is 0 Å². The van der Waals surface area contributed by atoms with Gasteiger partial charge in [-0.3, -0.25) is 14.9 Å². The Morgan fingerprint density at radius 2 is 1.59 bits per heavy atom. The summed E-state index contributed by atoms with van der Waals surface area (Å²) >= 11 is 5.84. The molecule has 12 heteroatoms. The minimum atomic E-state index is -4.50. The van der Waals surface area contributed by atoms with E-state index < -0.39 is 40.1 Å². The average Bonchev–Trinajstić information content (AvgIpc) is 2.80. The Hall–Kier alpha value is -3.51. The molecule has 0 saturated heterocycles. The molecule has 0 heterocycles. The van der Waals surface area contributed by atoms with Crippen molar-refractivity contribution in [3.63, 3.8) is 0 Å². The predicted molar refractivity (Wildman–Crippen MR) is 122 cm³/mol. The first kappa shape index (κ1) is 25.1. The topological polar surface area (TPSA) is 147 Å². The van der Waals surface area contributed by atoms with E-state index in [0.717, 1.165) is 0 Å². The largest absolute Gasteiger partial charge is 0.480 e. The Labute approximate surface area is 199 Å². The summed E-state index contributed by atoms with van der Waals surface area (Å²) in [7, 11) is -4.50. The monoisotopic (exact) mass is 506 g/mol. The molecule has 0 aliphatic carbocycles. The zero-order valence-corrected chi connectivity index (χ0v) is 19.0. The van der Waals surface area contributed by atoms with Crippen molar-refractivity contribution >= 4 is 33.3 Å². The number of ether oxygens (including phenoxy) is 1. The van der Waals surface area contributed by atoms with Crippen LogP contribution in [0.25, 0.3) is 0 Å². The lowest BCUT2D eigenvalue weighted by atomic mass is 10.1. The first-order valence-electron chi connectivity index (χ1n) is 9.74. The van der Waals surface area contributed by atoms with Gasteiger partial charge in [-0.2, -0.15) is 4.31 Å². The van der Waals surface area contributed by atoms with Crippen LogP contribution in [0.2, 0.25) is 5.02 Å². The quantitative estimate of drug-likeness (QED) is 0.312. The zero-order chi connectivity index (χ0) is 24.9. The molecule has 1 atom stereocenters. The van der Waals surface area contributed by atoms with Crippen LogP contribution >= 0.6 is 11.6 Å². The van der Waals surface area contributed by atoms with Crippen LogP contribution in [0.5, 0.6) is 11.5 Å². The third-order valence-corrected chi connectivity index (χ3v) is 6.92. The molecule has 0 fully saturated rings. The Balaban J connectivity index is 1.95. The van der Waals surface area contributed by atoms with Crippen molar-refractivity contribution < 1.29 is 33.1 Å². The predicted octanol–water partition coefficient (Wildman–Crippen LogP) is 3.68. The maximum Gasteiger partial charge on any atom is 0.324 e. The van der Waals surface area contributed by atoms with E-state index in [-0.39, 0.29) is 16.1 Å². The molecule has 1 unspecified atom stereocenters. The molecule has 0 bridgehead atoms. The lowest BCUT2D eigenvalue weighted by molar-refractivity contribution is -0.385. The molecule has 2 N–H and O–H groups in total. The fourth-order valence-corrected chi connectivity index (χ4v) is 4.78. The summed E-state index contributed by atoms with van der Waals surface area (Å²) in [6, 6.07) is 15.2. The fourth-order valence-electron chi connectivity index (χ4n) is 3.10. The summed E-state index contributed by atoms with van der Waals surface area (Å²) in [4.78, 5) is 22.1. The number of nitro groups is 1. The van der Waals surface area contributed by atoms with Gasteiger partial charge >= 0.3 is 5.97 Å². The van der Waals surface area contributed by atoms with Gasteiger partial charge in [-0.05, 0) is 48.5 Å². The zero-order valence-electron chi connectivity index (χ0n) is 17.4. The average molecular weight is 507 g/mol. The third-order valence-electron chi connectivity index (χ3n) is 4.80. The van der Waals surface area contributed by atoms with Crippen LogP contribution in [0.3, 0.4) is 0 Å². The number of nitrogens with zero attached hydrogens (tertiary/aromatic N) is 2. The normalized spacial score (nSPS) is 12.3. The first-order chi connectivity index (χ1) is 16.1. The van der Waals surface area contributed by atoms with E-state index in [4.69, 9.17) is 16.3 Å². The van der Waals surface area contributed by atoms with Crippen LogP contribution in [-0.4, -0.2) is 46.5 Å². The molecule has 0 aliphatic rings. The van der Waals surface area contributed by atoms with E-state index in [2.05, 4.69) is 0 Å². The molecule has 0 aromatic heterocycles. The Kier molecular flexibility index (Phi) is 7.84. The van der Waals surface area contributed by atoms with Crippen LogP contribution in [0.4, 0.5) is 5.69 Å². The highest BCUT2D eigenvalue weighted by molar-refractivity contribution is 7.89. The number of para-hydroxylation sites is 1. The number of aliphatic hydroxyl groups excluding tert-OH is 1. The summed E-state index contributed by atoms with van der Waals surface area (Å²) in [6.07, 6.45) is 0. The lowest BCUT2D eigenvalue weighted by Crippen LogP contribution is -2.46. The molecule has 34 heavy (non-hydrogen) atoms. The summed E-state index contributed by atoms with van der Waals surface area (Å²) in [6.45, 7) is -1.67. The van der Waals surface area contributed by atoms with Gasteiger partial charge < -0.3 is 14.9 Å². The second kappa shape index (κ2) is 10.6. The molecule has 3 aromatic rings. The van der Waals surface area contributed by atoms with Gasteiger partial charge in [0.1, 0.15) is 17.5 Å². The van der Waals surface area contributed by atoms with E-state index >= 15 is 0 Å². The number of benzene rings is 3. The van der Waals surface area contributed by atoms with Gasteiger partial charge in [0.25, 0.3) is 5.69 Å². The molecule has 0 spiro atoms.